The number of fused-ring (bicyclic) bond motifs is 2. The summed E-state index contributed by atoms with van der Waals surface area (Å²) >= 11 is 0. The zero-order valence-electron chi connectivity index (χ0n) is 17.7. The summed E-state index contributed by atoms with van der Waals surface area (Å²) in [6, 6.07) is 3.49. The number of ether oxygens (including phenoxy) is 3. The molecule has 7 heteroatoms. The van der Waals surface area contributed by atoms with Gasteiger partial charge >= 0.3 is 0 Å². The van der Waals surface area contributed by atoms with Crippen LogP contribution in [0.5, 0.6) is 17.2 Å². The molecule has 1 aliphatic heterocycles. The predicted molar refractivity (Wildman–Crippen MR) is 117 cm³/mol. The van der Waals surface area contributed by atoms with E-state index in [9.17, 15) is 9.59 Å². The summed E-state index contributed by atoms with van der Waals surface area (Å²) in [7, 11) is 4.60. The molecular weight excluding hydrogens is 396 g/mol. The fourth-order valence-electron chi connectivity index (χ4n) is 4.19. The maximum atomic E-state index is 12.4. The molecule has 0 spiro atoms. The van der Waals surface area contributed by atoms with Crippen molar-refractivity contribution in [1.82, 2.24) is 5.32 Å². The molecule has 1 heterocycles. The van der Waals surface area contributed by atoms with Crippen molar-refractivity contribution >= 4 is 23.6 Å². The van der Waals surface area contributed by atoms with Gasteiger partial charge in [-0.1, -0.05) is 6.08 Å². The van der Waals surface area contributed by atoms with Gasteiger partial charge in [-0.05, 0) is 60.8 Å². The van der Waals surface area contributed by atoms with Crippen molar-refractivity contribution in [2.24, 2.45) is 10.9 Å². The summed E-state index contributed by atoms with van der Waals surface area (Å²) in [5, 5.41) is 2.95. The minimum atomic E-state index is -0.411. The Kier molecular flexibility index (Phi) is 5.75. The van der Waals surface area contributed by atoms with Crippen molar-refractivity contribution in [3.8, 4) is 17.2 Å². The lowest BCUT2D eigenvalue weighted by Gasteiger charge is -2.28. The molecule has 160 valence electrons. The molecule has 7 nitrogen and oxygen atoms in total. The maximum Gasteiger partial charge on any atom is 0.270 e. The van der Waals surface area contributed by atoms with Crippen molar-refractivity contribution in [2.75, 3.05) is 21.3 Å². The van der Waals surface area contributed by atoms with Gasteiger partial charge in [0, 0.05) is 23.3 Å². The fourth-order valence-corrected chi connectivity index (χ4v) is 4.19. The van der Waals surface area contributed by atoms with Crippen LogP contribution in [0.1, 0.15) is 24.8 Å². The molecule has 0 saturated heterocycles. The summed E-state index contributed by atoms with van der Waals surface area (Å²) in [6.07, 6.45) is 11.4. The van der Waals surface area contributed by atoms with Crippen LogP contribution in [0, 0.1) is 5.92 Å². The highest BCUT2D eigenvalue weighted by molar-refractivity contribution is 6.13. The molecule has 1 N–H and O–H groups in total. The third kappa shape index (κ3) is 4.03. The Morgan fingerprint density at radius 2 is 1.87 bits per heavy atom. The first-order chi connectivity index (χ1) is 15.0. The van der Waals surface area contributed by atoms with E-state index < -0.39 is 5.91 Å². The Bertz CT molecular complexity index is 1070. The van der Waals surface area contributed by atoms with E-state index in [0.29, 0.717) is 28.5 Å². The van der Waals surface area contributed by atoms with Crippen LogP contribution < -0.4 is 19.5 Å². The summed E-state index contributed by atoms with van der Waals surface area (Å²) in [5.74, 6) is 1.13. The largest absolute Gasteiger partial charge is 0.493 e. The second-order valence-corrected chi connectivity index (χ2v) is 7.41. The van der Waals surface area contributed by atoms with Crippen LogP contribution >= 0.6 is 0 Å². The number of nitrogens with one attached hydrogen (secondary N) is 1. The van der Waals surface area contributed by atoms with Gasteiger partial charge in [-0.2, -0.15) is 0 Å². The number of hydrogen-bond acceptors (Lipinski definition) is 5. The molecule has 2 amide bonds. The lowest BCUT2D eigenvalue weighted by atomic mass is 9.85. The van der Waals surface area contributed by atoms with Crippen LogP contribution in [0.2, 0.25) is 0 Å². The predicted octanol–water partition coefficient (Wildman–Crippen LogP) is 3.37. The number of rotatable bonds is 5. The molecular formula is C24H24N2O5. The molecule has 3 aliphatic rings. The molecule has 0 saturated carbocycles. The van der Waals surface area contributed by atoms with Gasteiger partial charge < -0.3 is 19.5 Å². The first kappa shape index (κ1) is 20.7. The number of aliphatic imine (C=N–C) groups is 1. The van der Waals surface area contributed by atoms with E-state index >= 15 is 0 Å². The van der Waals surface area contributed by atoms with Crippen LogP contribution in [0.25, 0.3) is 6.08 Å². The van der Waals surface area contributed by atoms with Gasteiger partial charge in [0.2, 0.25) is 5.75 Å². The standard InChI is InChI=1S/C24H24N2O5/c1-29-20-11-14(12-21(30-2)23(20)31-3)7-10-22(27)25-15-8-9-17-16-5-4-6-18(16)24(28)26-19(17)13-15/h7-13,17H,4-6H2,1-3H3,(H,26,28)/b10-7+,25-15?. The third-order valence-electron chi connectivity index (χ3n) is 5.61. The average Bonchev–Trinajstić information content (AvgIpc) is 3.27. The lowest BCUT2D eigenvalue weighted by Crippen LogP contribution is -2.35. The molecule has 4 rings (SSSR count). The van der Waals surface area contributed by atoms with Crippen LogP contribution in [-0.4, -0.2) is 38.9 Å². The topological polar surface area (TPSA) is 86.2 Å². The van der Waals surface area contributed by atoms with Gasteiger partial charge in [0.05, 0.1) is 27.0 Å². The van der Waals surface area contributed by atoms with Crippen molar-refractivity contribution in [3.05, 3.63) is 58.8 Å². The Morgan fingerprint density at radius 3 is 2.55 bits per heavy atom. The molecule has 1 aromatic carbocycles. The quantitative estimate of drug-likeness (QED) is 0.738. The maximum absolute atomic E-state index is 12.4. The van der Waals surface area contributed by atoms with E-state index in [1.807, 2.05) is 12.2 Å². The number of nitrogens with zero attached hydrogens (tertiary/aromatic N) is 1. The van der Waals surface area contributed by atoms with Gasteiger partial charge in [0.15, 0.2) is 11.5 Å². The Morgan fingerprint density at radius 1 is 1.13 bits per heavy atom. The number of carbonyl (C=O) groups is 2. The third-order valence-corrected chi connectivity index (χ3v) is 5.61. The average molecular weight is 420 g/mol. The molecule has 1 aromatic rings. The minimum Gasteiger partial charge on any atom is -0.493 e. The molecule has 1 unspecified atom stereocenters. The van der Waals surface area contributed by atoms with Crippen molar-refractivity contribution in [1.29, 1.82) is 0 Å². The molecule has 31 heavy (non-hydrogen) atoms. The van der Waals surface area contributed by atoms with Gasteiger partial charge in [-0.3, -0.25) is 9.59 Å². The monoisotopic (exact) mass is 420 g/mol. The van der Waals surface area contributed by atoms with Gasteiger partial charge in [0.1, 0.15) is 0 Å². The van der Waals surface area contributed by atoms with Crippen molar-refractivity contribution < 1.29 is 23.8 Å². The van der Waals surface area contributed by atoms with Crippen LogP contribution in [0.3, 0.4) is 0 Å². The van der Waals surface area contributed by atoms with Gasteiger partial charge in [0.25, 0.3) is 11.8 Å². The smallest absolute Gasteiger partial charge is 0.270 e. The molecule has 2 aliphatic carbocycles. The summed E-state index contributed by atoms with van der Waals surface area (Å²) in [4.78, 5) is 28.8. The van der Waals surface area contributed by atoms with E-state index in [4.69, 9.17) is 14.2 Å². The van der Waals surface area contributed by atoms with E-state index in [0.717, 1.165) is 30.5 Å². The highest BCUT2D eigenvalue weighted by Crippen LogP contribution is 2.40. The fraction of sp³-hybridized carbons (Fsp3) is 0.292. The number of hydrogen-bond donors (Lipinski definition) is 1. The number of carbonyl (C=O) groups excluding carboxylic acids is 2. The lowest BCUT2D eigenvalue weighted by molar-refractivity contribution is -0.117. The number of methoxy groups -OCH3 is 3. The zero-order chi connectivity index (χ0) is 22.0. The molecule has 0 bridgehead atoms. The number of allylic oxidation sites excluding steroid dienone is 3. The highest BCUT2D eigenvalue weighted by Gasteiger charge is 2.34. The molecule has 0 aromatic heterocycles. The van der Waals surface area contributed by atoms with E-state index in [1.165, 1.54) is 33.0 Å². The van der Waals surface area contributed by atoms with Crippen molar-refractivity contribution in [2.45, 2.75) is 19.3 Å². The Labute approximate surface area is 180 Å². The zero-order valence-corrected chi connectivity index (χ0v) is 17.7. The molecule has 0 radical (unpaired) electrons. The summed E-state index contributed by atoms with van der Waals surface area (Å²) < 4.78 is 16.0. The van der Waals surface area contributed by atoms with E-state index in [1.54, 1.807) is 24.3 Å². The Balaban J connectivity index is 1.52. The van der Waals surface area contributed by atoms with Gasteiger partial charge in [-0.15, -0.1) is 0 Å². The van der Waals surface area contributed by atoms with Crippen LogP contribution in [0.4, 0.5) is 0 Å². The second-order valence-electron chi connectivity index (χ2n) is 7.41. The number of benzene rings is 1. The first-order valence-corrected chi connectivity index (χ1v) is 10.1. The van der Waals surface area contributed by atoms with Crippen LogP contribution in [0.15, 0.2) is 58.3 Å². The SMILES string of the molecule is COc1cc(/C=C/C(=O)N=C2C=CC3C(=C2)NC(=O)C2=C3CCC2)cc(OC)c1OC. The van der Waals surface area contributed by atoms with Crippen LogP contribution in [-0.2, 0) is 9.59 Å². The van der Waals surface area contributed by atoms with Crippen molar-refractivity contribution in [3.63, 3.8) is 0 Å². The summed E-state index contributed by atoms with van der Waals surface area (Å²) in [6.45, 7) is 0. The minimum absolute atomic E-state index is 0.0294. The normalized spacial score (nSPS) is 21.0. The molecule has 0 fully saturated rings. The first-order valence-electron chi connectivity index (χ1n) is 10.1. The van der Waals surface area contributed by atoms with E-state index in [2.05, 4.69) is 10.3 Å². The number of amides is 2. The summed E-state index contributed by atoms with van der Waals surface area (Å²) in [5.41, 5.74) is 4.11. The van der Waals surface area contributed by atoms with E-state index in [-0.39, 0.29) is 11.8 Å². The second kappa shape index (κ2) is 8.63. The van der Waals surface area contributed by atoms with Gasteiger partial charge in [-0.25, -0.2) is 4.99 Å². The highest BCUT2D eigenvalue weighted by atomic mass is 16.5. The Hall–Kier alpha value is -3.61. The molecule has 1 atom stereocenters.